The van der Waals surface area contributed by atoms with Gasteiger partial charge < -0.3 is 15.5 Å². The number of rotatable bonds is 8. The predicted octanol–water partition coefficient (Wildman–Crippen LogP) is 3.15. The van der Waals surface area contributed by atoms with Crippen molar-refractivity contribution in [1.29, 1.82) is 0 Å². The molecule has 2 rings (SSSR count). The topological polar surface area (TPSA) is 39.7 Å². The summed E-state index contributed by atoms with van der Waals surface area (Å²) in [5, 5.41) is 8.89. The number of benzene rings is 1. The van der Waals surface area contributed by atoms with Crippen molar-refractivity contribution in [2.75, 3.05) is 33.7 Å². The SMILES string of the molecule is CCNC(=NCC(c1ccccc1)N(C)C)NCCc1cccs1. The summed E-state index contributed by atoms with van der Waals surface area (Å²) in [4.78, 5) is 8.40. The standard InChI is InChI=1S/C19H28N4S/c1-4-20-19(21-13-12-17-11-8-14-24-17)22-15-18(23(2)3)16-9-6-5-7-10-16/h5-11,14,18H,4,12-13,15H2,1-3H3,(H2,20,21,22). The van der Waals surface area contributed by atoms with Crippen molar-refractivity contribution in [3.05, 3.63) is 58.3 Å². The van der Waals surface area contributed by atoms with Gasteiger partial charge in [-0.15, -0.1) is 11.3 Å². The Labute approximate surface area is 149 Å². The molecule has 2 N–H and O–H groups in total. The van der Waals surface area contributed by atoms with E-state index >= 15 is 0 Å². The zero-order chi connectivity index (χ0) is 17.2. The van der Waals surface area contributed by atoms with Crippen LogP contribution in [-0.4, -0.2) is 44.6 Å². The van der Waals surface area contributed by atoms with Crippen molar-refractivity contribution in [2.24, 2.45) is 4.99 Å². The molecule has 0 aliphatic carbocycles. The summed E-state index contributed by atoms with van der Waals surface area (Å²) in [7, 11) is 4.20. The minimum atomic E-state index is 0.277. The molecule has 0 amide bonds. The number of nitrogens with one attached hydrogen (secondary N) is 2. The average molecular weight is 345 g/mol. The van der Waals surface area contributed by atoms with Crippen LogP contribution >= 0.6 is 11.3 Å². The van der Waals surface area contributed by atoms with Gasteiger partial charge in [0.1, 0.15) is 0 Å². The van der Waals surface area contributed by atoms with E-state index in [1.165, 1.54) is 10.4 Å². The van der Waals surface area contributed by atoms with Crippen LogP contribution in [0.1, 0.15) is 23.4 Å². The summed E-state index contributed by atoms with van der Waals surface area (Å²) in [5.41, 5.74) is 1.29. The van der Waals surface area contributed by atoms with Crippen LogP contribution in [0.4, 0.5) is 0 Å². The summed E-state index contributed by atoms with van der Waals surface area (Å²) in [6, 6.07) is 15.1. The van der Waals surface area contributed by atoms with Crippen LogP contribution in [0.5, 0.6) is 0 Å². The maximum Gasteiger partial charge on any atom is 0.191 e. The first-order valence-electron chi connectivity index (χ1n) is 8.46. The van der Waals surface area contributed by atoms with Gasteiger partial charge in [0.05, 0.1) is 12.6 Å². The monoisotopic (exact) mass is 344 g/mol. The molecule has 5 heteroatoms. The van der Waals surface area contributed by atoms with E-state index < -0.39 is 0 Å². The normalized spacial score (nSPS) is 13.1. The lowest BCUT2D eigenvalue weighted by Gasteiger charge is -2.23. The molecule has 24 heavy (non-hydrogen) atoms. The summed E-state index contributed by atoms with van der Waals surface area (Å²) in [6.07, 6.45) is 1.03. The van der Waals surface area contributed by atoms with Gasteiger partial charge >= 0.3 is 0 Å². The van der Waals surface area contributed by atoms with Crippen molar-refractivity contribution < 1.29 is 0 Å². The molecule has 1 aromatic heterocycles. The van der Waals surface area contributed by atoms with Crippen LogP contribution in [0.3, 0.4) is 0 Å². The first-order valence-corrected chi connectivity index (χ1v) is 9.34. The van der Waals surface area contributed by atoms with Gasteiger partial charge in [0, 0.05) is 18.0 Å². The van der Waals surface area contributed by atoms with Crippen LogP contribution in [0.15, 0.2) is 52.8 Å². The third-order valence-electron chi connectivity index (χ3n) is 3.82. The number of likely N-dealkylation sites (N-methyl/N-ethyl adjacent to an activating group) is 1. The Hall–Kier alpha value is -1.85. The summed E-state index contributed by atoms with van der Waals surface area (Å²) >= 11 is 1.80. The Kier molecular flexibility index (Phi) is 7.79. The number of aliphatic imine (C=N–C) groups is 1. The second kappa shape index (κ2) is 10.1. The third kappa shape index (κ3) is 5.98. The van der Waals surface area contributed by atoms with E-state index in [0.29, 0.717) is 0 Å². The van der Waals surface area contributed by atoms with Gasteiger partial charge in [-0.25, -0.2) is 0 Å². The summed E-state index contributed by atoms with van der Waals surface area (Å²) < 4.78 is 0. The lowest BCUT2D eigenvalue weighted by atomic mass is 10.1. The summed E-state index contributed by atoms with van der Waals surface area (Å²) in [5.74, 6) is 0.886. The van der Waals surface area contributed by atoms with E-state index in [1.54, 1.807) is 11.3 Å². The highest BCUT2D eigenvalue weighted by Gasteiger charge is 2.13. The quantitative estimate of drug-likeness (QED) is 0.571. The van der Waals surface area contributed by atoms with E-state index in [9.17, 15) is 0 Å². The van der Waals surface area contributed by atoms with Gasteiger partial charge in [-0.3, -0.25) is 4.99 Å². The molecule has 1 atom stereocenters. The Bertz CT molecular complexity index is 593. The minimum Gasteiger partial charge on any atom is -0.357 e. The minimum absolute atomic E-state index is 0.277. The molecule has 0 spiro atoms. The van der Waals surface area contributed by atoms with Crippen LogP contribution in [0, 0.1) is 0 Å². The van der Waals surface area contributed by atoms with Crippen molar-refractivity contribution in [3.8, 4) is 0 Å². The molecule has 1 aromatic carbocycles. The Morgan fingerprint density at radius 3 is 2.54 bits per heavy atom. The molecular weight excluding hydrogens is 316 g/mol. The van der Waals surface area contributed by atoms with Crippen molar-refractivity contribution in [2.45, 2.75) is 19.4 Å². The number of hydrogen-bond acceptors (Lipinski definition) is 3. The highest BCUT2D eigenvalue weighted by atomic mass is 32.1. The number of hydrogen-bond donors (Lipinski definition) is 2. The highest BCUT2D eigenvalue weighted by Crippen LogP contribution is 2.17. The Morgan fingerprint density at radius 2 is 1.92 bits per heavy atom. The van der Waals surface area contributed by atoms with Crippen LogP contribution in [-0.2, 0) is 6.42 Å². The molecule has 130 valence electrons. The van der Waals surface area contributed by atoms with Crippen molar-refractivity contribution in [3.63, 3.8) is 0 Å². The molecule has 0 fully saturated rings. The van der Waals surface area contributed by atoms with E-state index in [0.717, 1.165) is 32.0 Å². The molecule has 0 saturated heterocycles. The van der Waals surface area contributed by atoms with E-state index in [2.05, 4.69) is 84.4 Å². The summed E-state index contributed by atoms with van der Waals surface area (Å²) in [6.45, 7) is 4.58. The lowest BCUT2D eigenvalue weighted by molar-refractivity contribution is 0.306. The largest absolute Gasteiger partial charge is 0.357 e. The molecule has 0 aliphatic rings. The first-order chi connectivity index (χ1) is 11.7. The second-order valence-corrected chi connectivity index (χ2v) is 6.90. The maximum atomic E-state index is 4.79. The van der Waals surface area contributed by atoms with E-state index in [1.807, 2.05) is 0 Å². The Morgan fingerprint density at radius 1 is 1.12 bits per heavy atom. The van der Waals surface area contributed by atoms with Gasteiger partial charge in [-0.2, -0.15) is 0 Å². The zero-order valence-electron chi connectivity index (χ0n) is 14.8. The molecule has 1 unspecified atom stereocenters. The molecule has 2 aromatic rings. The molecule has 0 bridgehead atoms. The first kappa shape index (κ1) is 18.5. The van der Waals surface area contributed by atoms with Crippen molar-refractivity contribution in [1.82, 2.24) is 15.5 Å². The van der Waals surface area contributed by atoms with E-state index in [4.69, 9.17) is 4.99 Å². The van der Waals surface area contributed by atoms with Gasteiger partial charge in [0.2, 0.25) is 0 Å². The zero-order valence-corrected chi connectivity index (χ0v) is 15.6. The van der Waals surface area contributed by atoms with Crippen LogP contribution in [0.25, 0.3) is 0 Å². The average Bonchev–Trinajstić information content (AvgIpc) is 3.09. The lowest BCUT2D eigenvalue weighted by Crippen LogP contribution is -2.39. The third-order valence-corrected chi connectivity index (χ3v) is 4.75. The van der Waals surface area contributed by atoms with Gasteiger partial charge in [-0.05, 0) is 44.4 Å². The van der Waals surface area contributed by atoms with Gasteiger partial charge in [0.15, 0.2) is 5.96 Å². The fourth-order valence-corrected chi connectivity index (χ4v) is 3.23. The fraction of sp³-hybridized carbons (Fsp3) is 0.421. The van der Waals surface area contributed by atoms with Crippen LogP contribution in [0.2, 0.25) is 0 Å². The molecule has 0 aliphatic heterocycles. The fourth-order valence-electron chi connectivity index (χ4n) is 2.52. The molecule has 0 radical (unpaired) electrons. The number of guanidine groups is 1. The molecule has 4 nitrogen and oxygen atoms in total. The second-order valence-electron chi connectivity index (χ2n) is 5.87. The highest BCUT2D eigenvalue weighted by molar-refractivity contribution is 7.09. The van der Waals surface area contributed by atoms with E-state index in [-0.39, 0.29) is 6.04 Å². The van der Waals surface area contributed by atoms with Gasteiger partial charge in [0.25, 0.3) is 0 Å². The Balaban J connectivity index is 1.94. The molecule has 1 heterocycles. The van der Waals surface area contributed by atoms with Gasteiger partial charge in [-0.1, -0.05) is 36.4 Å². The number of nitrogens with zero attached hydrogens (tertiary/aromatic N) is 2. The number of thiophene rings is 1. The molecule has 0 saturated carbocycles. The van der Waals surface area contributed by atoms with Crippen molar-refractivity contribution >= 4 is 17.3 Å². The predicted molar refractivity (Wildman–Crippen MR) is 105 cm³/mol. The molecular formula is C19H28N4S. The van der Waals surface area contributed by atoms with Crippen LogP contribution < -0.4 is 10.6 Å². The maximum absolute atomic E-state index is 4.79. The smallest absolute Gasteiger partial charge is 0.191 e.